The van der Waals surface area contributed by atoms with Gasteiger partial charge in [0.2, 0.25) is 5.91 Å². The Morgan fingerprint density at radius 1 is 1.07 bits per heavy atom. The van der Waals surface area contributed by atoms with Gasteiger partial charge in [-0.3, -0.25) is 14.4 Å². The van der Waals surface area contributed by atoms with Gasteiger partial charge in [-0.25, -0.2) is 0 Å². The molecule has 1 heterocycles. The van der Waals surface area contributed by atoms with Gasteiger partial charge in [-0.05, 0) is 18.1 Å². The lowest BCUT2D eigenvalue weighted by atomic mass is 9.86. The Balaban J connectivity index is 1.76. The first kappa shape index (κ1) is 21.4. The zero-order chi connectivity index (χ0) is 20.8. The summed E-state index contributed by atoms with van der Waals surface area (Å²) in [4.78, 5) is 39.3. The molecule has 29 heavy (non-hydrogen) atoms. The Morgan fingerprint density at radius 3 is 2.55 bits per heavy atom. The number of fused-ring (bicyclic) bond motifs is 1. The monoisotopic (exact) mass is 412 g/mol. The molecule has 1 aromatic rings. The third kappa shape index (κ3) is 4.99. The van der Waals surface area contributed by atoms with E-state index in [0.29, 0.717) is 23.4 Å². The molecule has 2 aliphatic rings. The number of unbranched alkanes of at least 4 members (excludes halogenated alkanes) is 5. The van der Waals surface area contributed by atoms with E-state index in [0.717, 1.165) is 29.7 Å². The van der Waals surface area contributed by atoms with Crippen LogP contribution in [0.1, 0.15) is 57.4 Å². The van der Waals surface area contributed by atoms with E-state index in [2.05, 4.69) is 12.2 Å². The second-order valence-electron chi connectivity index (χ2n) is 7.54. The fourth-order valence-corrected chi connectivity index (χ4v) is 5.02. The Bertz CT molecular complexity index is 886. The zero-order valence-electron chi connectivity index (χ0n) is 16.9. The first-order valence-corrected chi connectivity index (χ1v) is 11.2. The first-order chi connectivity index (χ1) is 14.0. The Labute approximate surface area is 176 Å². The van der Waals surface area contributed by atoms with Gasteiger partial charge in [-0.2, -0.15) is 0 Å². The van der Waals surface area contributed by atoms with Crippen LogP contribution in [-0.2, 0) is 20.8 Å². The van der Waals surface area contributed by atoms with Crippen LogP contribution < -0.4 is 11.1 Å². The van der Waals surface area contributed by atoms with Gasteiger partial charge in [0.05, 0.1) is 5.57 Å². The molecule has 3 N–H and O–H groups in total. The van der Waals surface area contributed by atoms with Gasteiger partial charge in [-0.1, -0.05) is 69.0 Å². The molecule has 0 saturated carbocycles. The molecule has 0 aromatic heterocycles. The Hall–Kier alpha value is -2.34. The lowest BCUT2D eigenvalue weighted by Crippen LogP contribution is -2.34. The molecule has 2 amide bonds. The minimum atomic E-state index is -0.700. The molecule has 1 aliphatic heterocycles. The van der Waals surface area contributed by atoms with Crippen molar-refractivity contribution in [1.82, 2.24) is 5.32 Å². The SMILES string of the molecule is CCCCCCCCNC(=O)C1=C(C(N)=O)CC(=O)C2=C1Sc1ccccc1C2. The summed E-state index contributed by atoms with van der Waals surface area (Å²) < 4.78 is 0. The minimum absolute atomic E-state index is 0.101. The standard InChI is InChI=1S/C23H28N2O3S/c1-2-3-4-5-6-9-12-25-23(28)20-17(22(24)27)14-18(26)16-13-15-10-7-8-11-19(15)29-21(16)20/h7-8,10-11H,2-6,9,12-14H2,1H3,(H2,24,27)(H,25,28). The van der Waals surface area contributed by atoms with Crippen LogP contribution in [0.5, 0.6) is 0 Å². The van der Waals surface area contributed by atoms with E-state index in [9.17, 15) is 14.4 Å². The third-order valence-corrected chi connectivity index (χ3v) is 6.64. The summed E-state index contributed by atoms with van der Waals surface area (Å²) in [7, 11) is 0. The Kier molecular flexibility index (Phi) is 7.31. The van der Waals surface area contributed by atoms with Crippen molar-refractivity contribution in [2.24, 2.45) is 5.73 Å². The van der Waals surface area contributed by atoms with Gasteiger partial charge in [0, 0.05) is 40.3 Å². The molecule has 1 aliphatic carbocycles. The second kappa shape index (κ2) is 9.92. The molecular weight excluding hydrogens is 384 g/mol. The predicted molar refractivity (Wildman–Crippen MR) is 115 cm³/mol. The minimum Gasteiger partial charge on any atom is -0.366 e. The zero-order valence-corrected chi connectivity index (χ0v) is 17.7. The van der Waals surface area contributed by atoms with Crippen LogP contribution in [-0.4, -0.2) is 24.1 Å². The molecule has 0 fully saturated rings. The molecule has 154 valence electrons. The fraction of sp³-hybridized carbons (Fsp3) is 0.435. The summed E-state index contributed by atoms with van der Waals surface area (Å²) in [6, 6.07) is 7.83. The van der Waals surface area contributed by atoms with Gasteiger partial charge >= 0.3 is 0 Å². The molecule has 1 aromatic carbocycles. The van der Waals surface area contributed by atoms with Crippen molar-refractivity contribution in [3.63, 3.8) is 0 Å². The van der Waals surface area contributed by atoms with E-state index in [1.54, 1.807) is 0 Å². The summed E-state index contributed by atoms with van der Waals surface area (Å²) in [6.07, 6.45) is 7.17. The molecule has 0 atom stereocenters. The van der Waals surface area contributed by atoms with Crippen molar-refractivity contribution in [2.45, 2.75) is 63.2 Å². The summed E-state index contributed by atoms with van der Waals surface area (Å²) in [5.74, 6) is -1.13. The van der Waals surface area contributed by atoms with Crippen LogP contribution in [0.25, 0.3) is 0 Å². The summed E-state index contributed by atoms with van der Waals surface area (Å²) in [6.45, 7) is 2.74. The van der Waals surface area contributed by atoms with Crippen molar-refractivity contribution >= 4 is 29.4 Å². The number of carbonyl (C=O) groups is 3. The highest BCUT2D eigenvalue weighted by atomic mass is 32.2. The van der Waals surface area contributed by atoms with Gasteiger partial charge in [0.25, 0.3) is 5.91 Å². The average molecular weight is 413 g/mol. The smallest absolute Gasteiger partial charge is 0.252 e. The number of primary amides is 1. The van der Waals surface area contributed by atoms with Gasteiger partial charge < -0.3 is 11.1 Å². The van der Waals surface area contributed by atoms with E-state index in [1.807, 2.05) is 24.3 Å². The second-order valence-corrected chi connectivity index (χ2v) is 8.59. The Morgan fingerprint density at radius 2 is 1.79 bits per heavy atom. The molecule has 6 heteroatoms. The number of allylic oxidation sites excluding steroid dienone is 1. The van der Waals surface area contributed by atoms with Crippen LogP contribution >= 0.6 is 11.8 Å². The quantitative estimate of drug-likeness (QED) is 0.604. The van der Waals surface area contributed by atoms with Crippen LogP contribution in [0, 0.1) is 0 Å². The number of nitrogens with one attached hydrogen (secondary N) is 1. The van der Waals surface area contributed by atoms with Gasteiger partial charge in [0.1, 0.15) is 0 Å². The molecule has 0 saturated heterocycles. The normalized spacial score (nSPS) is 15.8. The van der Waals surface area contributed by atoms with Crippen LogP contribution in [0.3, 0.4) is 0 Å². The van der Waals surface area contributed by atoms with Gasteiger partial charge in [-0.15, -0.1) is 0 Å². The lowest BCUT2D eigenvalue weighted by Gasteiger charge is -2.28. The number of Topliss-reactive ketones (excluding diaryl/α,β-unsaturated/α-hetero) is 1. The van der Waals surface area contributed by atoms with Crippen molar-refractivity contribution in [1.29, 1.82) is 0 Å². The molecule has 0 radical (unpaired) electrons. The number of rotatable bonds is 9. The van der Waals surface area contributed by atoms with Gasteiger partial charge in [0.15, 0.2) is 5.78 Å². The predicted octanol–water partition coefficient (Wildman–Crippen LogP) is 3.82. The molecule has 0 spiro atoms. The van der Waals surface area contributed by atoms with E-state index < -0.39 is 5.91 Å². The van der Waals surface area contributed by atoms with E-state index in [1.165, 1.54) is 31.0 Å². The summed E-state index contributed by atoms with van der Waals surface area (Å²) >= 11 is 1.39. The maximum atomic E-state index is 13.0. The topological polar surface area (TPSA) is 89.3 Å². The number of benzene rings is 1. The third-order valence-electron chi connectivity index (χ3n) is 5.37. The maximum Gasteiger partial charge on any atom is 0.252 e. The number of hydrogen-bond acceptors (Lipinski definition) is 4. The van der Waals surface area contributed by atoms with Crippen LogP contribution in [0.15, 0.2) is 50.8 Å². The summed E-state index contributed by atoms with van der Waals surface area (Å²) in [5.41, 5.74) is 7.63. The first-order valence-electron chi connectivity index (χ1n) is 10.4. The number of ketones is 1. The highest BCUT2D eigenvalue weighted by Crippen LogP contribution is 2.45. The molecular formula is C23H28N2O3S. The summed E-state index contributed by atoms with van der Waals surface area (Å²) in [5, 5.41) is 2.94. The maximum absolute atomic E-state index is 13.0. The van der Waals surface area contributed by atoms with Crippen molar-refractivity contribution in [3.05, 3.63) is 51.5 Å². The number of thioether (sulfide) groups is 1. The number of carbonyl (C=O) groups excluding carboxylic acids is 3. The molecule has 5 nitrogen and oxygen atoms in total. The molecule has 3 rings (SSSR count). The highest BCUT2D eigenvalue weighted by molar-refractivity contribution is 8.03. The average Bonchev–Trinajstić information content (AvgIpc) is 2.71. The number of amides is 2. The largest absolute Gasteiger partial charge is 0.366 e. The number of hydrogen-bond donors (Lipinski definition) is 2. The van der Waals surface area contributed by atoms with Crippen molar-refractivity contribution in [2.75, 3.05) is 6.54 Å². The fourth-order valence-electron chi connectivity index (χ4n) is 3.76. The van der Waals surface area contributed by atoms with E-state index >= 15 is 0 Å². The van der Waals surface area contributed by atoms with Crippen LogP contribution in [0.2, 0.25) is 0 Å². The number of nitrogens with two attached hydrogens (primary N) is 1. The molecule has 0 bridgehead atoms. The lowest BCUT2D eigenvalue weighted by molar-refractivity contribution is -0.120. The van der Waals surface area contributed by atoms with E-state index in [4.69, 9.17) is 5.73 Å². The van der Waals surface area contributed by atoms with E-state index in [-0.39, 0.29) is 29.3 Å². The van der Waals surface area contributed by atoms with Crippen molar-refractivity contribution in [3.8, 4) is 0 Å². The highest BCUT2D eigenvalue weighted by Gasteiger charge is 2.36. The van der Waals surface area contributed by atoms with Crippen LogP contribution in [0.4, 0.5) is 0 Å². The molecule has 0 unspecified atom stereocenters. The van der Waals surface area contributed by atoms with Crippen molar-refractivity contribution < 1.29 is 14.4 Å².